The lowest BCUT2D eigenvalue weighted by molar-refractivity contribution is -0.142. The number of aliphatic carboxylic acids is 1. The molecule has 6 heteroatoms. The molecule has 0 saturated carbocycles. The highest BCUT2D eigenvalue weighted by atomic mass is 16.4. The second kappa shape index (κ2) is 4.11. The lowest BCUT2D eigenvalue weighted by Crippen LogP contribution is -2.37. The Balaban J connectivity index is 2.04. The first-order valence-corrected chi connectivity index (χ1v) is 5.43. The summed E-state index contributed by atoms with van der Waals surface area (Å²) in [5.74, 6) is 0.816. The third-order valence-electron chi connectivity index (χ3n) is 3.20. The van der Waals surface area contributed by atoms with E-state index in [2.05, 4.69) is 15.1 Å². The molecule has 0 amide bonds. The average Bonchev–Trinajstić information content (AvgIpc) is 2.60. The van der Waals surface area contributed by atoms with Crippen LogP contribution in [0.5, 0.6) is 0 Å². The number of piperidine rings is 1. The minimum Gasteiger partial charge on any atom is -0.481 e. The van der Waals surface area contributed by atoms with Gasteiger partial charge in [0.1, 0.15) is 5.82 Å². The van der Waals surface area contributed by atoms with Gasteiger partial charge in [-0.1, -0.05) is 0 Å². The van der Waals surface area contributed by atoms with E-state index in [9.17, 15) is 4.79 Å². The average molecular weight is 224 g/mol. The van der Waals surface area contributed by atoms with Crippen molar-refractivity contribution in [2.24, 2.45) is 13.0 Å². The van der Waals surface area contributed by atoms with Crippen LogP contribution in [0.4, 0.5) is 5.95 Å². The minimum atomic E-state index is -0.686. The van der Waals surface area contributed by atoms with Crippen LogP contribution in [-0.4, -0.2) is 38.9 Å². The first-order valence-electron chi connectivity index (χ1n) is 5.43. The third kappa shape index (κ3) is 1.87. The van der Waals surface area contributed by atoms with E-state index in [0.29, 0.717) is 12.8 Å². The van der Waals surface area contributed by atoms with Crippen LogP contribution in [0.2, 0.25) is 0 Å². The Labute approximate surface area is 93.9 Å². The van der Waals surface area contributed by atoms with Gasteiger partial charge < -0.3 is 14.6 Å². The first-order chi connectivity index (χ1) is 7.59. The van der Waals surface area contributed by atoms with E-state index in [1.54, 1.807) is 0 Å². The molecule has 1 aromatic rings. The van der Waals surface area contributed by atoms with Gasteiger partial charge in [-0.25, -0.2) is 0 Å². The second-order valence-corrected chi connectivity index (χ2v) is 4.21. The molecule has 0 atom stereocenters. The largest absolute Gasteiger partial charge is 0.481 e. The van der Waals surface area contributed by atoms with Gasteiger partial charge in [0.05, 0.1) is 5.92 Å². The maximum absolute atomic E-state index is 10.8. The van der Waals surface area contributed by atoms with Crippen molar-refractivity contribution in [3.8, 4) is 0 Å². The summed E-state index contributed by atoms with van der Waals surface area (Å²) in [6, 6.07) is 0. The number of nitrogens with zero attached hydrogens (tertiary/aromatic N) is 4. The summed E-state index contributed by atoms with van der Waals surface area (Å²) in [6.45, 7) is 3.38. The second-order valence-electron chi connectivity index (χ2n) is 4.21. The Hall–Kier alpha value is -1.59. The van der Waals surface area contributed by atoms with Gasteiger partial charge in [-0.3, -0.25) is 4.79 Å². The Bertz CT molecular complexity index is 394. The van der Waals surface area contributed by atoms with Crippen molar-refractivity contribution in [1.29, 1.82) is 0 Å². The van der Waals surface area contributed by atoms with Crippen LogP contribution in [0.25, 0.3) is 0 Å². The van der Waals surface area contributed by atoms with E-state index in [1.807, 2.05) is 18.5 Å². The molecule has 16 heavy (non-hydrogen) atoms. The van der Waals surface area contributed by atoms with Crippen LogP contribution in [0.3, 0.4) is 0 Å². The molecule has 1 fully saturated rings. The Kier molecular flexibility index (Phi) is 2.80. The summed E-state index contributed by atoms with van der Waals surface area (Å²) in [4.78, 5) is 12.9. The molecule has 2 rings (SSSR count). The van der Waals surface area contributed by atoms with E-state index in [-0.39, 0.29) is 5.92 Å². The zero-order chi connectivity index (χ0) is 11.7. The minimum absolute atomic E-state index is 0.203. The van der Waals surface area contributed by atoms with Gasteiger partial charge in [0.25, 0.3) is 0 Å². The molecule has 0 bridgehead atoms. The summed E-state index contributed by atoms with van der Waals surface area (Å²) in [7, 11) is 1.92. The Morgan fingerprint density at radius 3 is 2.44 bits per heavy atom. The summed E-state index contributed by atoms with van der Waals surface area (Å²) >= 11 is 0. The highest BCUT2D eigenvalue weighted by molar-refractivity contribution is 5.70. The first kappa shape index (κ1) is 10.9. The monoisotopic (exact) mass is 224 g/mol. The summed E-state index contributed by atoms with van der Waals surface area (Å²) in [5, 5.41) is 17.0. The molecule has 1 aromatic heterocycles. The molecule has 1 aliphatic rings. The van der Waals surface area contributed by atoms with E-state index in [0.717, 1.165) is 24.9 Å². The van der Waals surface area contributed by atoms with Gasteiger partial charge in [-0.05, 0) is 19.8 Å². The number of carboxylic acids is 1. The van der Waals surface area contributed by atoms with Crippen molar-refractivity contribution in [2.75, 3.05) is 18.0 Å². The topological polar surface area (TPSA) is 71.2 Å². The van der Waals surface area contributed by atoms with Crippen LogP contribution in [-0.2, 0) is 11.8 Å². The lowest BCUT2D eigenvalue weighted by Gasteiger charge is -2.30. The van der Waals surface area contributed by atoms with E-state index in [4.69, 9.17) is 5.11 Å². The normalized spacial score (nSPS) is 17.8. The quantitative estimate of drug-likeness (QED) is 0.788. The van der Waals surface area contributed by atoms with Crippen molar-refractivity contribution in [3.63, 3.8) is 0 Å². The van der Waals surface area contributed by atoms with E-state index < -0.39 is 5.97 Å². The molecule has 2 heterocycles. The molecule has 1 N–H and O–H groups in total. The molecule has 88 valence electrons. The lowest BCUT2D eigenvalue weighted by atomic mass is 9.97. The molecule has 1 saturated heterocycles. The van der Waals surface area contributed by atoms with Crippen LogP contribution < -0.4 is 4.90 Å². The molecule has 6 nitrogen and oxygen atoms in total. The summed E-state index contributed by atoms with van der Waals surface area (Å²) in [5.41, 5.74) is 0. The number of carboxylic acid groups (broad SMARTS) is 1. The standard InChI is InChI=1S/C10H16N4O2/c1-7-11-12-10(13(7)2)14-5-3-8(4-6-14)9(15)16/h8H,3-6H2,1-2H3,(H,15,16). The van der Waals surface area contributed by atoms with Crippen LogP contribution in [0.15, 0.2) is 0 Å². The van der Waals surface area contributed by atoms with Crippen molar-refractivity contribution in [2.45, 2.75) is 19.8 Å². The molecule has 0 spiro atoms. The van der Waals surface area contributed by atoms with Gasteiger partial charge in [-0.15, -0.1) is 10.2 Å². The third-order valence-corrected chi connectivity index (χ3v) is 3.20. The van der Waals surface area contributed by atoms with Crippen molar-refractivity contribution < 1.29 is 9.90 Å². The predicted octanol–water partition coefficient (Wildman–Crippen LogP) is 0.425. The van der Waals surface area contributed by atoms with Crippen molar-refractivity contribution >= 4 is 11.9 Å². The predicted molar refractivity (Wildman–Crippen MR) is 58.3 cm³/mol. The summed E-state index contributed by atoms with van der Waals surface area (Å²) in [6.07, 6.45) is 1.36. The fraction of sp³-hybridized carbons (Fsp3) is 0.700. The van der Waals surface area contributed by atoms with E-state index >= 15 is 0 Å². The number of hydrogen-bond acceptors (Lipinski definition) is 4. The maximum Gasteiger partial charge on any atom is 0.306 e. The Morgan fingerprint density at radius 1 is 1.38 bits per heavy atom. The zero-order valence-electron chi connectivity index (χ0n) is 9.55. The number of carbonyl (C=O) groups is 1. The highest BCUT2D eigenvalue weighted by Gasteiger charge is 2.26. The molecular formula is C10H16N4O2. The molecule has 0 radical (unpaired) electrons. The number of anilines is 1. The van der Waals surface area contributed by atoms with E-state index in [1.165, 1.54) is 0 Å². The molecule has 0 unspecified atom stereocenters. The van der Waals surface area contributed by atoms with Crippen LogP contribution in [0, 0.1) is 12.8 Å². The zero-order valence-corrected chi connectivity index (χ0v) is 9.55. The van der Waals surface area contributed by atoms with Gasteiger partial charge >= 0.3 is 5.97 Å². The molecule has 1 aliphatic heterocycles. The van der Waals surface area contributed by atoms with Crippen molar-refractivity contribution in [3.05, 3.63) is 5.82 Å². The molecular weight excluding hydrogens is 208 g/mol. The smallest absolute Gasteiger partial charge is 0.306 e. The van der Waals surface area contributed by atoms with Gasteiger partial charge in [0.15, 0.2) is 0 Å². The van der Waals surface area contributed by atoms with Crippen LogP contribution in [0.1, 0.15) is 18.7 Å². The number of rotatable bonds is 2. The Morgan fingerprint density at radius 2 is 2.00 bits per heavy atom. The highest BCUT2D eigenvalue weighted by Crippen LogP contribution is 2.21. The SMILES string of the molecule is Cc1nnc(N2CCC(C(=O)O)CC2)n1C. The van der Waals surface area contributed by atoms with Crippen LogP contribution >= 0.6 is 0 Å². The number of hydrogen-bond donors (Lipinski definition) is 1. The number of aryl methyl sites for hydroxylation is 1. The molecule has 0 aromatic carbocycles. The van der Waals surface area contributed by atoms with Gasteiger partial charge in [0, 0.05) is 20.1 Å². The number of aromatic nitrogens is 3. The van der Waals surface area contributed by atoms with Crippen molar-refractivity contribution in [1.82, 2.24) is 14.8 Å². The maximum atomic E-state index is 10.8. The summed E-state index contributed by atoms with van der Waals surface area (Å²) < 4.78 is 1.93. The fourth-order valence-electron chi connectivity index (χ4n) is 2.00. The van der Waals surface area contributed by atoms with Gasteiger partial charge in [-0.2, -0.15) is 0 Å². The fourth-order valence-corrected chi connectivity index (χ4v) is 2.00. The van der Waals surface area contributed by atoms with Gasteiger partial charge in [0.2, 0.25) is 5.95 Å². The molecule has 0 aliphatic carbocycles.